The van der Waals surface area contributed by atoms with Gasteiger partial charge < -0.3 is 4.74 Å². The molecule has 3 rings (SSSR count). The standard InChI is InChI=1S/C15H22O2/c1-10-6-5-7-14(4)9-12(16)15(8-11(10)14)13(2,3)17-15/h5-9H2,1-4H3/t14-,15?/m1/s1. The molecule has 2 heteroatoms. The predicted octanol–water partition coefficient (Wildman–Crippen LogP) is 3.40. The van der Waals surface area contributed by atoms with Crippen LogP contribution in [0.5, 0.6) is 0 Å². The first kappa shape index (κ1) is 11.5. The summed E-state index contributed by atoms with van der Waals surface area (Å²) < 4.78 is 5.80. The van der Waals surface area contributed by atoms with Crippen LogP contribution in [-0.2, 0) is 9.53 Å². The van der Waals surface area contributed by atoms with E-state index in [0.717, 1.165) is 6.42 Å². The van der Waals surface area contributed by atoms with E-state index in [4.69, 9.17) is 4.74 Å². The van der Waals surface area contributed by atoms with Crippen molar-refractivity contribution in [3.63, 3.8) is 0 Å². The number of fused-ring (bicyclic) bond motifs is 1. The molecule has 2 atom stereocenters. The minimum absolute atomic E-state index is 0.132. The number of allylic oxidation sites excluding steroid dienone is 1. The molecule has 1 unspecified atom stereocenters. The van der Waals surface area contributed by atoms with Crippen LogP contribution >= 0.6 is 0 Å². The summed E-state index contributed by atoms with van der Waals surface area (Å²) >= 11 is 0. The highest BCUT2D eigenvalue weighted by Crippen LogP contribution is 2.61. The van der Waals surface area contributed by atoms with Crippen molar-refractivity contribution in [2.75, 3.05) is 0 Å². The van der Waals surface area contributed by atoms with Gasteiger partial charge in [0.2, 0.25) is 0 Å². The number of ketones is 1. The molecule has 1 saturated carbocycles. The van der Waals surface area contributed by atoms with E-state index in [1.165, 1.54) is 30.4 Å². The largest absolute Gasteiger partial charge is 0.354 e. The molecule has 1 saturated heterocycles. The summed E-state index contributed by atoms with van der Waals surface area (Å²) in [5.74, 6) is 0.337. The molecule has 1 spiro atoms. The number of ether oxygens (including phenoxy) is 1. The molecule has 2 fully saturated rings. The Morgan fingerprint density at radius 1 is 1.18 bits per heavy atom. The fourth-order valence-corrected chi connectivity index (χ4v) is 4.02. The number of carbonyl (C=O) groups is 1. The maximum absolute atomic E-state index is 12.4. The second-order valence-corrected chi connectivity index (χ2v) is 6.89. The van der Waals surface area contributed by atoms with Gasteiger partial charge in [-0.3, -0.25) is 4.79 Å². The van der Waals surface area contributed by atoms with Crippen LogP contribution in [0.1, 0.15) is 59.8 Å². The average Bonchev–Trinajstić information content (AvgIpc) is 2.74. The van der Waals surface area contributed by atoms with E-state index in [2.05, 4.69) is 13.8 Å². The minimum atomic E-state index is -0.472. The van der Waals surface area contributed by atoms with E-state index in [1.54, 1.807) is 0 Å². The zero-order valence-electron chi connectivity index (χ0n) is 11.4. The molecule has 1 heterocycles. The molecule has 2 aliphatic carbocycles. The highest BCUT2D eigenvalue weighted by molar-refractivity contribution is 5.94. The van der Waals surface area contributed by atoms with E-state index >= 15 is 0 Å². The van der Waals surface area contributed by atoms with Crippen LogP contribution < -0.4 is 0 Å². The summed E-state index contributed by atoms with van der Waals surface area (Å²) in [6.45, 7) is 8.61. The highest BCUT2D eigenvalue weighted by atomic mass is 16.6. The molecule has 0 radical (unpaired) electrons. The van der Waals surface area contributed by atoms with Gasteiger partial charge >= 0.3 is 0 Å². The summed E-state index contributed by atoms with van der Waals surface area (Å²) in [6.07, 6.45) is 5.14. The molecule has 0 aromatic rings. The van der Waals surface area contributed by atoms with Crippen LogP contribution in [-0.4, -0.2) is 17.0 Å². The van der Waals surface area contributed by atoms with Crippen molar-refractivity contribution in [1.29, 1.82) is 0 Å². The topological polar surface area (TPSA) is 29.6 Å². The van der Waals surface area contributed by atoms with Crippen LogP contribution in [0.4, 0.5) is 0 Å². The molecular weight excluding hydrogens is 212 g/mol. The lowest BCUT2D eigenvalue weighted by atomic mass is 9.59. The second-order valence-electron chi connectivity index (χ2n) is 6.89. The Morgan fingerprint density at radius 2 is 1.82 bits per heavy atom. The van der Waals surface area contributed by atoms with E-state index < -0.39 is 5.60 Å². The third-order valence-corrected chi connectivity index (χ3v) is 5.31. The van der Waals surface area contributed by atoms with Crippen LogP contribution in [0.25, 0.3) is 0 Å². The van der Waals surface area contributed by atoms with Gasteiger partial charge in [-0.2, -0.15) is 0 Å². The van der Waals surface area contributed by atoms with Crippen LogP contribution in [0, 0.1) is 5.41 Å². The van der Waals surface area contributed by atoms with Crippen LogP contribution in [0.15, 0.2) is 11.1 Å². The fourth-order valence-electron chi connectivity index (χ4n) is 4.02. The van der Waals surface area contributed by atoms with Crippen LogP contribution in [0.2, 0.25) is 0 Å². The van der Waals surface area contributed by atoms with E-state index in [9.17, 15) is 4.79 Å². The fraction of sp³-hybridized carbons (Fsp3) is 0.800. The third kappa shape index (κ3) is 1.33. The Labute approximate surface area is 103 Å². The Morgan fingerprint density at radius 3 is 2.41 bits per heavy atom. The van der Waals surface area contributed by atoms with Gasteiger partial charge in [0.15, 0.2) is 11.4 Å². The summed E-state index contributed by atoms with van der Waals surface area (Å²) in [7, 11) is 0. The lowest BCUT2D eigenvalue weighted by Crippen LogP contribution is -2.44. The first-order valence-electron chi connectivity index (χ1n) is 6.73. The zero-order chi connectivity index (χ0) is 12.5. The molecule has 0 N–H and O–H groups in total. The van der Waals surface area contributed by atoms with Crippen molar-refractivity contribution < 1.29 is 9.53 Å². The Kier molecular flexibility index (Phi) is 2.04. The van der Waals surface area contributed by atoms with Crippen molar-refractivity contribution in [2.45, 2.75) is 71.0 Å². The summed E-state index contributed by atoms with van der Waals surface area (Å²) in [4.78, 5) is 12.4. The first-order chi connectivity index (χ1) is 7.81. The molecule has 3 aliphatic rings. The van der Waals surface area contributed by atoms with Gasteiger partial charge in [0.25, 0.3) is 0 Å². The number of epoxide rings is 1. The molecular formula is C15H22O2. The lowest BCUT2D eigenvalue weighted by Gasteiger charge is -2.43. The molecule has 2 nitrogen and oxygen atoms in total. The quantitative estimate of drug-likeness (QED) is 0.475. The monoisotopic (exact) mass is 234 g/mol. The average molecular weight is 234 g/mol. The SMILES string of the molecule is CC1=C2CC3(OC3(C)C)C(=O)C[C@@]2(C)CCC1. The summed E-state index contributed by atoms with van der Waals surface area (Å²) in [5, 5.41) is 0. The Bertz CT molecular complexity index is 432. The number of Topliss-reactive ketones (excluding diaryl/α,β-unsaturated/α-hetero) is 1. The molecule has 94 valence electrons. The van der Waals surface area contributed by atoms with Crippen molar-refractivity contribution in [2.24, 2.45) is 5.41 Å². The maximum Gasteiger partial charge on any atom is 0.168 e. The molecule has 0 amide bonds. The molecule has 0 aromatic heterocycles. The third-order valence-electron chi connectivity index (χ3n) is 5.31. The van der Waals surface area contributed by atoms with Crippen molar-refractivity contribution in [3.05, 3.63) is 11.1 Å². The van der Waals surface area contributed by atoms with E-state index in [-0.39, 0.29) is 11.0 Å². The predicted molar refractivity (Wildman–Crippen MR) is 66.8 cm³/mol. The molecule has 1 aliphatic heterocycles. The normalized spacial score (nSPS) is 43.9. The van der Waals surface area contributed by atoms with Gasteiger partial charge in [-0.15, -0.1) is 0 Å². The van der Waals surface area contributed by atoms with E-state index in [0.29, 0.717) is 12.2 Å². The number of hydrogen-bond donors (Lipinski definition) is 0. The van der Waals surface area contributed by atoms with Gasteiger partial charge in [0.05, 0.1) is 0 Å². The Balaban J connectivity index is 2.02. The molecule has 0 aromatic carbocycles. The smallest absolute Gasteiger partial charge is 0.168 e. The number of hydrogen-bond acceptors (Lipinski definition) is 2. The highest BCUT2D eigenvalue weighted by Gasteiger charge is 2.71. The van der Waals surface area contributed by atoms with Crippen molar-refractivity contribution >= 4 is 5.78 Å². The van der Waals surface area contributed by atoms with Gasteiger partial charge in [-0.25, -0.2) is 0 Å². The second kappa shape index (κ2) is 3.03. The van der Waals surface area contributed by atoms with Gasteiger partial charge in [0, 0.05) is 12.8 Å². The first-order valence-corrected chi connectivity index (χ1v) is 6.73. The number of rotatable bonds is 0. The molecule has 0 bridgehead atoms. The van der Waals surface area contributed by atoms with E-state index in [1.807, 2.05) is 13.8 Å². The van der Waals surface area contributed by atoms with Crippen LogP contribution in [0.3, 0.4) is 0 Å². The summed E-state index contributed by atoms with van der Waals surface area (Å²) in [6, 6.07) is 0. The Hall–Kier alpha value is -0.630. The van der Waals surface area contributed by atoms with Gasteiger partial charge in [-0.1, -0.05) is 18.1 Å². The maximum atomic E-state index is 12.4. The van der Waals surface area contributed by atoms with Gasteiger partial charge in [-0.05, 0) is 45.4 Å². The van der Waals surface area contributed by atoms with Gasteiger partial charge in [0.1, 0.15) is 5.60 Å². The zero-order valence-corrected chi connectivity index (χ0v) is 11.4. The van der Waals surface area contributed by atoms with Crippen molar-refractivity contribution in [3.8, 4) is 0 Å². The number of carbonyl (C=O) groups excluding carboxylic acids is 1. The van der Waals surface area contributed by atoms with Crippen molar-refractivity contribution in [1.82, 2.24) is 0 Å². The lowest BCUT2D eigenvalue weighted by molar-refractivity contribution is -0.128. The minimum Gasteiger partial charge on any atom is -0.354 e. The summed E-state index contributed by atoms with van der Waals surface area (Å²) in [5.41, 5.74) is 2.45. The molecule has 17 heavy (non-hydrogen) atoms.